The van der Waals surface area contributed by atoms with E-state index in [0.717, 1.165) is 31.4 Å². The molecule has 2 aromatic rings. The molecule has 2 unspecified atom stereocenters. The molecule has 0 saturated heterocycles. The number of aromatic nitrogens is 1. The van der Waals surface area contributed by atoms with E-state index >= 15 is 0 Å². The topological polar surface area (TPSA) is 77.2 Å². The molecule has 0 radical (unpaired) electrons. The van der Waals surface area contributed by atoms with Crippen LogP contribution < -0.4 is 15.8 Å². The third-order valence-electron chi connectivity index (χ3n) is 4.62. The van der Waals surface area contributed by atoms with Gasteiger partial charge in [0.15, 0.2) is 0 Å². The van der Waals surface area contributed by atoms with E-state index in [1.54, 1.807) is 36.4 Å². The molecule has 1 aliphatic rings. The monoisotopic (exact) mass is 359 g/mol. The SMILES string of the molecule is CC1(N)CCCCC1C(=O)Nc1ccc(Oc2ccc(Cl)cn2)cc1. The van der Waals surface area contributed by atoms with Gasteiger partial charge in [-0.25, -0.2) is 4.98 Å². The van der Waals surface area contributed by atoms with Gasteiger partial charge in [-0.3, -0.25) is 4.79 Å². The van der Waals surface area contributed by atoms with Crippen molar-refractivity contribution in [3.05, 3.63) is 47.6 Å². The number of halogens is 1. The third kappa shape index (κ3) is 4.50. The van der Waals surface area contributed by atoms with Gasteiger partial charge in [-0.05, 0) is 50.1 Å². The summed E-state index contributed by atoms with van der Waals surface area (Å²) in [7, 11) is 0. The second-order valence-electron chi connectivity index (χ2n) is 6.73. The fourth-order valence-electron chi connectivity index (χ4n) is 3.17. The lowest BCUT2D eigenvalue weighted by Crippen LogP contribution is -2.51. The lowest BCUT2D eigenvalue weighted by atomic mass is 9.74. The van der Waals surface area contributed by atoms with Crippen molar-refractivity contribution in [3.63, 3.8) is 0 Å². The maximum Gasteiger partial charge on any atom is 0.229 e. The Labute approximate surface area is 152 Å². The number of nitrogens with zero attached hydrogens (tertiary/aromatic N) is 1. The van der Waals surface area contributed by atoms with E-state index in [1.165, 1.54) is 6.20 Å². The van der Waals surface area contributed by atoms with Gasteiger partial charge in [0.2, 0.25) is 11.8 Å². The number of benzene rings is 1. The third-order valence-corrected chi connectivity index (χ3v) is 4.84. The summed E-state index contributed by atoms with van der Waals surface area (Å²) in [6.07, 6.45) is 5.38. The quantitative estimate of drug-likeness (QED) is 0.849. The zero-order chi connectivity index (χ0) is 17.9. The van der Waals surface area contributed by atoms with E-state index in [1.807, 2.05) is 6.92 Å². The van der Waals surface area contributed by atoms with Crippen LogP contribution >= 0.6 is 11.6 Å². The Hall–Kier alpha value is -2.11. The molecule has 2 atom stereocenters. The van der Waals surface area contributed by atoms with Crippen molar-refractivity contribution in [1.82, 2.24) is 4.98 Å². The van der Waals surface area contributed by atoms with Crippen LogP contribution in [0.25, 0.3) is 0 Å². The Balaban J connectivity index is 1.62. The molecular weight excluding hydrogens is 338 g/mol. The first kappa shape index (κ1) is 17.7. The number of pyridine rings is 1. The molecule has 3 rings (SSSR count). The summed E-state index contributed by atoms with van der Waals surface area (Å²) < 4.78 is 5.64. The summed E-state index contributed by atoms with van der Waals surface area (Å²) in [5, 5.41) is 3.51. The summed E-state index contributed by atoms with van der Waals surface area (Å²) in [5.74, 6) is 0.921. The van der Waals surface area contributed by atoms with Crippen LogP contribution in [-0.2, 0) is 4.79 Å². The molecule has 0 bridgehead atoms. The highest BCUT2D eigenvalue weighted by molar-refractivity contribution is 6.30. The van der Waals surface area contributed by atoms with Gasteiger partial charge in [-0.1, -0.05) is 24.4 Å². The van der Waals surface area contributed by atoms with Crippen LogP contribution in [0.4, 0.5) is 5.69 Å². The minimum Gasteiger partial charge on any atom is -0.439 e. The molecule has 6 heteroatoms. The van der Waals surface area contributed by atoms with E-state index in [9.17, 15) is 4.79 Å². The van der Waals surface area contributed by atoms with Gasteiger partial charge in [0.05, 0.1) is 10.9 Å². The summed E-state index contributed by atoms with van der Waals surface area (Å²) in [6.45, 7) is 1.96. The second-order valence-corrected chi connectivity index (χ2v) is 7.17. The molecule has 3 N–H and O–H groups in total. The summed E-state index contributed by atoms with van der Waals surface area (Å²) in [4.78, 5) is 16.6. The minimum atomic E-state index is -0.439. The van der Waals surface area contributed by atoms with Crippen LogP contribution in [-0.4, -0.2) is 16.4 Å². The van der Waals surface area contributed by atoms with Gasteiger partial charge in [-0.2, -0.15) is 0 Å². The van der Waals surface area contributed by atoms with Crippen LogP contribution in [0, 0.1) is 5.92 Å². The van der Waals surface area contributed by atoms with Gasteiger partial charge in [0.25, 0.3) is 0 Å². The van der Waals surface area contributed by atoms with Crippen molar-refractivity contribution in [3.8, 4) is 11.6 Å². The summed E-state index contributed by atoms with van der Waals surface area (Å²) in [6, 6.07) is 10.6. The van der Waals surface area contributed by atoms with E-state index in [0.29, 0.717) is 16.7 Å². The number of ether oxygens (including phenoxy) is 1. The molecule has 5 nitrogen and oxygen atoms in total. The Morgan fingerprint density at radius 2 is 2.04 bits per heavy atom. The number of nitrogens with one attached hydrogen (secondary N) is 1. The molecule has 132 valence electrons. The molecule has 1 fully saturated rings. The predicted octanol–water partition coefficient (Wildman–Crippen LogP) is 4.37. The van der Waals surface area contributed by atoms with Crippen LogP contribution in [0.3, 0.4) is 0 Å². The van der Waals surface area contributed by atoms with E-state index in [-0.39, 0.29) is 11.8 Å². The number of amides is 1. The van der Waals surface area contributed by atoms with Gasteiger partial charge >= 0.3 is 0 Å². The number of nitrogens with two attached hydrogens (primary N) is 1. The number of hydrogen-bond donors (Lipinski definition) is 2. The summed E-state index contributed by atoms with van der Waals surface area (Å²) in [5.41, 5.74) is 6.59. The van der Waals surface area contributed by atoms with Crippen molar-refractivity contribution in [1.29, 1.82) is 0 Å². The van der Waals surface area contributed by atoms with E-state index in [4.69, 9.17) is 22.1 Å². The Morgan fingerprint density at radius 1 is 1.28 bits per heavy atom. The van der Waals surface area contributed by atoms with E-state index in [2.05, 4.69) is 10.3 Å². The number of carbonyl (C=O) groups is 1. The lowest BCUT2D eigenvalue weighted by Gasteiger charge is -2.37. The molecule has 0 spiro atoms. The standard InChI is InChI=1S/C19H22ClN3O2/c1-19(21)11-3-2-4-16(19)18(24)23-14-6-8-15(9-7-14)25-17-10-5-13(20)12-22-17/h5-10,12,16H,2-4,11,21H2,1H3,(H,23,24). The van der Waals surface area contributed by atoms with Crippen molar-refractivity contribution in [2.75, 3.05) is 5.32 Å². The van der Waals surface area contributed by atoms with Crippen molar-refractivity contribution in [2.45, 2.75) is 38.1 Å². The van der Waals surface area contributed by atoms with Gasteiger partial charge < -0.3 is 15.8 Å². The van der Waals surface area contributed by atoms with Crippen LogP contribution in [0.2, 0.25) is 5.02 Å². The first-order valence-electron chi connectivity index (χ1n) is 8.43. The molecule has 1 aromatic carbocycles. The van der Waals surface area contributed by atoms with Crippen molar-refractivity contribution in [2.24, 2.45) is 11.7 Å². The molecule has 25 heavy (non-hydrogen) atoms. The number of carbonyl (C=O) groups excluding carboxylic acids is 1. The largest absolute Gasteiger partial charge is 0.439 e. The molecule has 1 amide bonds. The molecule has 1 aliphatic carbocycles. The number of anilines is 1. The lowest BCUT2D eigenvalue weighted by molar-refractivity contribution is -0.122. The van der Waals surface area contributed by atoms with Gasteiger partial charge in [0.1, 0.15) is 5.75 Å². The fourth-order valence-corrected chi connectivity index (χ4v) is 3.28. The maximum absolute atomic E-state index is 12.5. The molecule has 1 heterocycles. The number of hydrogen-bond acceptors (Lipinski definition) is 4. The fraction of sp³-hybridized carbons (Fsp3) is 0.368. The average Bonchev–Trinajstić information content (AvgIpc) is 2.58. The Morgan fingerprint density at radius 3 is 2.68 bits per heavy atom. The van der Waals surface area contributed by atoms with Crippen molar-refractivity contribution >= 4 is 23.2 Å². The first-order valence-corrected chi connectivity index (χ1v) is 8.81. The zero-order valence-corrected chi connectivity index (χ0v) is 14.9. The number of rotatable bonds is 4. The predicted molar refractivity (Wildman–Crippen MR) is 98.9 cm³/mol. The molecular formula is C19H22ClN3O2. The highest BCUT2D eigenvalue weighted by Gasteiger charge is 2.37. The second kappa shape index (κ2) is 7.42. The normalized spacial score (nSPS) is 23.1. The van der Waals surface area contributed by atoms with Gasteiger partial charge in [0, 0.05) is 23.5 Å². The Bertz CT molecular complexity index is 729. The average molecular weight is 360 g/mol. The van der Waals surface area contributed by atoms with E-state index < -0.39 is 5.54 Å². The highest BCUT2D eigenvalue weighted by atomic mass is 35.5. The van der Waals surface area contributed by atoms with Crippen molar-refractivity contribution < 1.29 is 9.53 Å². The maximum atomic E-state index is 12.5. The molecule has 0 aliphatic heterocycles. The van der Waals surface area contributed by atoms with Gasteiger partial charge in [-0.15, -0.1) is 0 Å². The summed E-state index contributed by atoms with van der Waals surface area (Å²) >= 11 is 5.80. The minimum absolute atomic E-state index is 0.0160. The van der Waals surface area contributed by atoms with Crippen LogP contribution in [0.15, 0.2) is 42.6 Å². The molecule has 1 saturated carbocycles. The highest BCUT2D eigenvalue weighted by Crippen LogP contribution is 2.32. The Kier molecular flexibility index (Phi) is 5.25. The smallest absolute Gasteiger partial charge is 0.229 e. The van der Waals surface area contributed by atoms with Crippen LogP contribution in [0.5, 0.6) is 11.6 Å². The van der Waals surface area contributed by atoms with Crippen LogP contribution in [0.1, 0.15) is 32.6 Å². The zero-order valence-electron chi connectivity index (χ0n) is 14.2. The first-order chi connectivity index (χ1) is 11.9. The molecule has 1 aromatic heterocycles.